The van der Waals surface area contributed by atoms with Gasteiger partial charge in [0.05, 0.1) is 6.61 Å². The van der Waals surface area contributed by atoms with Gasteiger partial charge in [0.1, 0.15) is 18.4 Å². The Bertz CT molecular complexity index is 364. The highest BCUT2D eigenvalue weighted by Gasteiger charge is 2.16. The normalized spacial score (nSPS) is 12.1. The molecule has 1 aromatic rings. The van der Waals surface area contributed by atoms with Crippen molar-refractivity contribution in [3.05, 3.63) is 29.8 Å². The van der Waals surface area contributed by atoms with Gasteiger partial charge in [-0.2, -0.15) is 0 Å². The molecule has 18 heavy (non-hydrogen) atoms. The number of carbonyl (C=O) groups is 1. The van der Waals surface area contributed by atoms with E-state index in [-0.39, 0.29) is 13.2 Å². The second kappa shape index (κ2) is 7.68. The van der Waals surface area contributed by atoms with Crippen molar-refractivity contribution in [2.24, 2.45) is 0 Å². The van der Waals surface area contributed by atoms with Crippen LogP contribution >= 0.6 is 0 Å². The van der Waals surface area contributed by atoms with Crippen LogP contribution in [-0.2, 0) is 11.4 Å². The van der Waals surface area contributed by atoms with Crippen LogP contribution in [0.2, 0.25) is 0 Å². The van der Waals surface area contributed by atoms with E-state index in [1.165, 1.54) is 0 Å². The van der Waals surface area contributed by atoms with Crippen molar-refractivity contribution in [1.29, 1.82) is 0 Å². The molecular weight excluding hydrogens is 234 g/mol. The number of hydrogen-bond acceptors (Lipinski definition) is 4. The molecule has 1 atom stereocenters. The second-order valence-corrected chi connectivity index (χ2v) is 3.96. The predicted octanol–water partition coefficient (Wildman–Crippen LogP) is 1.01. The minimum Gasteiger partial charge on any atom is -0.491 e. The number of hydrogen-bond donors (Lipinski definition) is 3. The van der Waals surface area contributed by atoms with E-state index in [4.69, 9.17) is 14.9 Å². The van der Waals surface area contributed by atoms with Crippen LogP contribution in [0.5, 0.6) is 5.75 Å². The fourth-order valence-electron chi connectivity index (χ4n) is 1.41. The van der Waals surface area contributed by atoms with E-state index in [2.05, 4.69) is 5.32 Å². The van der Waals surface area contributed by atoms with Gasteiger partial charge in [0.15, 0.2) is 0 Å². The summed E-state index contributed by atoms with van der Waals surface area (Å²) in [6, 6.07) is 6.20. The monoisotopic (exact) mass is 253 g/mol. The van der Waals surface area contributed by atoms with Gasteiger partial charge in [-0.05, 0) is 30.7 Å². The van der Waals surface area contributed by atoms with Crippen LogP contribution in [-0.4, -0.2) is 35.4 Å². The largest absolute Gasteiger partial charge is 0.491 e. The molecule has 5 heteroatoms. The van der Waals surface area contributed by atoms with Crippen LogP contribution in [0.25, 0.3) is 0 Å². The van der Waals surface area contributed by atoms with E-state index in [1.807, 2.05) is 6.92 Å². The number of ether oxygens (including phenoxy) is 1. The lowest BCUT2D eigenvalue weighted by molar-refractivity contribution is -0.140. The molecule has 0 heterocycles. The zero-order chi connectivity index (χ0) is 13.4. The van der Waals surface area contributed by atoms with Gasteiger partial charge in [0, 0.05) is 0 Å². The number of carboxylic acid groups (broad SMARTS) is 1. The van der Waals surface area contributed by atoms with Crippen LogP contribution in [0.4, 0.5) is 0 Å². The molecule has 0 saturated heterocycles. The Morgan fingerprint density at radius 1 is 1.39 bits per heavy atom. The van der Waals surface area contributed by atoms with Crippen molar-refractivity contribution >= 4 is 5.97 Å². The molecule has 5 nitrogen and oxygen atoms in total. The lowest BCUT2D eigenvalue weighted by Crippen LogP contribution is -2.41. The number of aliphatic hydroxyl groups excluding tert-OH is 1. The molecule has 0 spiro atoms. The number of nitrogens with one attached hydrogen (secondary N) is 1. The van der Waals surface area contributed by atoms with Gasteiger partial charge in [-0.25, -0.2) is 0 Å². The number of benzene rings is 1. The van der Waals surface area contributed by atoms with Gasteiger partial charge < -0.3 is 20.3 Å². The topological polar surface area (TPSA) is 78.8 Å². The number of aliphatic carboxylic acids is 1. The van der Waals surface area contributed by atoms with Crippen molar-refractivity contribution < 1.29 is 19.7 Å². The van der Waals surface area contributed by atoms with E-state index >= 15 is 0 Å². The molecule has 1 unspecified atom stereocenters. The fourth-order valence-corrected chi connectivity index (χ4v) is 1.41. The lowest BCUT2D eigenvalue weighted by atomic mass is 10.2. The van der Waals surface area contributed by atoms with E-state index < -0.39 is 12.0 Å². The highest BCUT2D eigenvalue weighted by molar-refractivity contribution is 5.73. The zero-order valence-electron chi connectivity index (χ0n) is 10.4. The van der Waals surface area contributed by atoms with Crippen molar-refractivity contribution in [1.82, 2.24) is 5.32 Å². The summed E-state index contributed by atoms with van der Waals surface area (Å²) in [6.07, 6.45) is 0.870. The maximum Gasteiger partial charge on any atom is 0.324 e. The lowest BCUT2D eigenvalue weighted by Gasteiger charge is -2.15. The van der Waals surface area contributed by atoms with Crippen LogP contribution < -0.4 is 10.1 Å². The SMILES string of the molecule is CCCNC(COc1ccc(CO)cc1)C(=O)O. The van der Waals surface area contributed by atoms with Gasteiger partial charge in [-0.15, -0.1) is 0 Å². The molecule has 100 valence electrons. The van der Waals surface area contributed by atoms with Crippen molar-refractivity contribution in [2.75, 3.05) is 13.2 Å². The predicted molar refractivity (Wildman–Crippen MR) is 67.6 cm³/mol. The minimum absolute atomic E-state index is 0.0178. The number of aliphatic hydroxyl groups is 1. The molecule has 0 aliphatic rings. The molecule has 1 rings (SSSR count). The molecule has 0 aromatic heterocycles. The second-order valence-electron chi connectivity index (χ2n) is 3.96. The van der Waals surface area contributed by atoms with Crippen molar-refractivity contribution in [2.45, 2.75) is 26.0 Å². The van der Waals surface area contributed by atoms with Crippen LogP contribution in [0, 0.1) is 0 Å². The van der Waals surface area contributed by atoms with Gasteiger partial charge in [-0.3, -0.25) is 4.79 Å². The molecule has 0 amide bonds. The van der Waals surface area contributed by atoms with Crippen molar-refractivity contribution in [3.63, 3.8) is 0 Å². The highest BCUT2D eigenvalue weighted by atomic mass is 16.5. The van der Waals surface area contributed by atoms with E-state index in [0.29, 0.717) is 12.3 Å². The van der Waals surface area contributed by atoms with Crippen LogP contribution in [0.1, 0.15) is 18.9 Å². The molecule has 0 aliphatic carbocycles. The summed E-state index contributed by atoms with van der Waals surface area (Å²) in [7, 11) is 0. The average molecular weight is 253 g/mol. The quantitative estimate of drug-likeness (QED) is 0.644. The molecule has 3 N–H and O–H groups in total. The zero-order valence-corrected chi connectivity index (χ0v) is 10.4. The molecule has 0 saturated carbocycles. The molecule has 1 aromatic carbocycles. The maximum atomic E-state index is 11.0. The summed E-state index contributed by atoms with van der Waals surface area (Å²) < 4.78 is 5.40. The Morgan fingerprint density at radius 2 is 2.06 bits per heavy atom. The van der Waals surface area contributed by atoms with Gasteiger partial charge >= 0.3 is 5.97 Å². The van der Waals surface area contributed by atoms with E-state index in [1.54, 1.807) is 24.3 Å². The van der Waals surface area contributed by atoms with Crippen molar-refractivity contribution in [3.8, 4) is 5.75 Å². The van der Waals surface area contributed by atoms with Gasteiger partial charge in [-0.1, -0.05) is 19.1 Å². The smallest absolute Gasteiger partial charge is 0.324 e. The van der Waals surface area contributed by atoms with Gasteiger partial charge in [0.2, 0.25) is 0 Å². The van der Waals surface area contributed by atoms with Crippen LogP contribution in [0.15, 0.2) is 24.3 Å². The Balaban J connectivity index is 2.47. The number of rotatable bonds is 8. The Labute approximate surface area is 106 Å². The Hall–Kier alpha value is -1.59. The number of carboxylic acids is 1. The third kappa shape index (κ3) is 4.73. The summed E-state index contributed by atoms with van der Waals surface area (Å²) in [5.74, 6) is -0.327. The molecule has 0 aliphatic heterocycles. The minimum atomic E-state index is -0.921. The van der Waals surface area contributed by atoms with Gasteiger partial charge in [0.25, 0.3) is 0 Å². The summed E-state index contributed by atoms with van der Waals surface area (Å²) in [5, 5.41) is 20.8. The summed E-state index contributed by atoms with van der Waals surface area (Å²) in [4.78, 5) is 11.0. The summed E-state index contributed by atoms with van der Waals surface area (Å²) in [5.41, 5.74) is 0.793. The summed E-state index contributed by atoms with van der Waals surface area (Å²) in [6.45, 7) is 2.67. The molecule has 0 radical (unpaired) electrons. The fraction of sp³-hybridized carbons (Fsp3) is 0.462. The first-order chi connectivity index (χ1) is 8.67. The first-order valence-electron chi connectivity index (χ1n) is 5.96. The first kappa shape index (κ1) is 14.5. The third-order valence-corrected chi connectivity index (χ3v) is 2.46. The Kier molecular flexibility index (Phi) is 6.18. The standard InChI is InChI=1S/C13H19NO4/c1-2-7-14-12(13(16)17)9-18-11-5-3-10(8-15)4-6-11/h3-6,12,14-15H,2,7-9H2,1H3,(H,16,17). The third-order valence-electron chi connectivity index (χ3n) is 2.46. The molecular formula is C13H19NO4. The Morgan fingerprint density at radius 3 is 2.56 bits per heavy atom. The first-order valence-corrected chi connectivity index (χ1v) is 5.96. The van der Waals surface area contributed by atoms with Crippen LogP contribution in [0.3, 0.4) is 0 Å². The highest BCUT2D eigenvalue weighted by Crippen LogP contribution is 2.12. The molecule has 0 bridgehead atoms. The summed E-state index contributed by atoms with van der Waals surface area (Å²) >= 11 is 0. The average Bonchev–Trinajstić information content (AvgIpc) is 2.39. The maximum absolute atomic E-state index is 11.0. The van der Waals surface area contributed by atoms with E-state index in [9.17, 15) is 4.79 Å². The van der Waals surface area contributed by atoms with E-state index in [0.717, 1.165) is 12.0 Å². The molecule has 0 fully saturated rings.